The number of hydrogen-bond donors (Lipinski definition) is 2. The van der Waals surface area contributed by atoms with Crippen LogP contribution in [0.2, 0.25) is 0 Å². The van der Waals surface area contributed by atoms with Crippen molar-refractivity contribution in [2.24, 2.45) is 0 Å². The third-order valence-corrected chi connectivity index (χ3v) is 6.57. The number of dihydropyridines is 1. The fourth-order valence-electron chi connectivity index (χ4n) is 4.75. The van der Waals surface area contributed by atoms with Crippen molar-refractivity contribution in [2.75, 3.05) is 32.8 Å². The van der Waals surface area contributed by atoms with E-state index in [1.807, 2.05) is 42.6 Å². The number of imidazole rings is 1. The van der Waals surface area contributed by atoms with Crippen molar-refractivity contribution in [1.82, 2.24) is 19.8 Å². The molecule has 3 aliphatic heterocycles. The molecule has 0 radical (unpaired) electrons. The van der Waals surface area contributed by atoms with Crippen molar-refractivity contribution in [1.29, 1.82) is 0 Å². The summed E-state index contributed by atoms with van der Waals surface area (Å²) in [4.78, 5) is 18.0. The van der Waals surface area contributed by atoms with Crippen LogP contribution in [0, 0.1) is 5.82 Å². The minimum absolute atomic E-state index is 0.115. The Bertz CT molecular complexity index is 1470. The van der Waals surface area contributed by atoms with E-state index in [4.69, 9.17) is 9.47 Å². The first-order valence-electron chi connectivity index (χ1n) is 11.7. The van der Waals surface area contributed by atoms with Crippen molar-refractivity contribution in [3.8, 4) is 5.75 Å². The number of ether oxygens (including phenoxy) is 2. The molecule has 1 fully saturated rings. The summed E-state index contributed by atoms with van der Waals surface area (Å²) >= 11 is 0. The summed E-state index contributed by atoms with van der Waals surface area (Å²) < 4.78 is 26.9. The van der Waals surface area contributed by atoms with Gasteiger partial charge in [0, 0.05) is 49.6 Å². The molecule has 0 saturated carbocycles. The summed E-state index contributed by atoms with van der Waals surface area (Å²) in [5.41, 5.74) is 5.87. The second kappa shape index (κ2) is 9.05. The molecule has 0 spiro atoms. The molecule has 0 aliphatic carbocycles. The highest BCUT2D eigenvalue weighted by molar-refractivity contribution is 5.97. The number of nitrogens with one attached hydrogen (secondary N) is 2. The van der Waals surface area contributed by atoms with Gasteiger partial charge in [0.1, 0.15) is 17.8 Å². The Morgan fingerprint density at radius 3 is 2.86 bits per heavy atom. The van der Waals surface area contributed by atoms with Crippen LogP contribution in [0.4, 0.5) is 4.39 Å². The predicted octanol–water partition coefficient (Wildman–Crippen LogP) is 3.62. The van der Waals surface area contributed by atoms with E-state index >= 15 is 0 Å². The maximum absolute atomic E-state index is 13.9. The molecule has 6 rings (SSSR count). The van der Waals surface area contributed by atoms with Crippen LogP contribution < -0.4 is 15.7 Å². The topological polar surface area (TPSA) is 71.5 Å². The number of morpholine rings is 1. The smallest absolute Gasteiger partial charge is 0.326 e. The maximum Gasteiger partial charge on any atom is 0.326 e. The lowest BCUT2D eigenvalue weighted by Gasteiger charge is -2.26. The van der Waals surface area contributed by atoms with E-state index in [9.17, 15) is 9.18 Å². The largest absolute Gasteiger partial charge is 0.462 e. The number of nitrogens with zero attached hydrogens (tertiary/aromatic N) is 2. The van der Waals surface area contributed by atoms with Crippen molar-refractivity contribution >= 4 is 22.7 Å². The average molecular weight is 473 g/mol. The lowest BCUT2D eigenvalue weighted by atomic mass is 9.92. The zero-order valence-electron chi connectivity index (χ0n) is 19.1. The highest BCUT2D eigenvalue weighted by atomic mass is 19.1. The van der Waals surface area contributed by atoms with Crippen LogP contribution in [-0.2, 0) is 11.3 Å². The summed E-state index contributed by atoms with van der Waals surface area (Å²) in [5, 5.41) is 3.20. The van der Waals surface area contributed by atoms with Crippen molar-refractivity contribution in [3.63, 3.8) is 0 Å². The van der Waals surface area contributed by atoms with Gasteiger partial charge < -0.3 is 19.8 Å². The Balaban J connectivity index is 1.37. The zero-order valence-corrected chi connectivity index (χ0v) is 19.1. The van der Waals surface area contributed by atoms with Crippen molar-refractivity contribution in [3.05, 3.63) is 99.7 Å². The van der Waals surface area contributed by atoms with Gasteiger partial charge in [0.2, 0.25) is 0 Å². The standard InChI is InChI=1S/C27H25FN4O3/c28-19-4-5-21-22(20-2-1-7-29-24(20)17-35-26(21)16-19)14-18-3-6-25-23(15-18)30-27(33)32(25)9-8-31-10-12-34-13-11-31/h1-7,14-17,29H,8-13H2,(H,30,33)/b22-14+. The van der Waals surface area contributed by atoms with Crippen LogP contribution in [0.15, 0.2) is 77.1 Å². The van der Waals surface area contributed by atoms with Gasteiger partial charge in [0.05, 0.1) is 29.9 Å². The molecule has 0 amide bonds. The number of allylic oxidation sites excluding steroid dienone is 3. The Kier molecular flexibility index (Phi) is 5.60. The monoisotopic (exact) mass is 472 g/mol. The molecule has 178 valence electrons. The molecule has 4 heterocycles. The molecular weight excluding hydrogens is 447 g/mol. The molecule has 0 bridgehead atoms. The molecule has 2 N–H and O–H groups in total. The molecule has 0 unspecified atom stereocenters. The van der Waals surface area contributed by atoms with Crippen LogP contribution in [0.5, 0.6) is 5.75 Å². The second-order valence-electron chi connectivity index (χ2n) is 8.74. The number of aromatic amines is 1. The van der Waals surface area contributed by atoms with Gasteiger partial charge >= 0.3 is 5.69 Å². The van der Waals surface area contributed by atoms with E-state index in [1.54, 1.807) is 16.9 Å². The number of H-pyrrole nitrogens is 1. The summed E-state index contributed by atoms with van der Waals surface area (Å²) in [5.74, 6) is 0.0912. The summed E-state index contributed by atoms with van der Waals surface area (Å²) in [6, 6.07) is 10.5. The molecule has 1 saturated heterocycles. The number of benzene rings is 2. The third-order valence-electron chi connectivity index (χ3n) is 6.57. The molecule has 7 nitrogen and oxygen atoms in total. The van der Waals surface area contributed by atoms with E-state index in [0.717, 1.165) is 71.9 Å². The van der Waals surface area contributed by atoms with E-state index in [-0.39, 0.29) is 11.5 Å². The highest BCUT2D eigenvalue weighted by Gasteiger charge is 2.22. The van der Waals surface area contributed by atoms with Crippen molar-refractivity contribution < 1.29 is 13.9 Å². The number of aromatic nitrogens is 2. The van der Waals surface area contributed by atoms with E-state index < -0.39 is 0 Å². The zero-order chi connectivity index (χ0) is 23.8. The second-order valence-corrected chi connectivity index (χ2v) is 8.74. The lowest BCUT2D eigenvalue weighted by molar-refractivity contribution is 0.0364. The summed E-state index contributed by atoms with van der Waals surface area (Å²) in [6.07, 6.45) is 9.38. The van der Waals surface area contributed by atoms with E-state index in [2.05, 4.69) is 15.2 Å². The molecule has 3 aromatic rings. The first-order valence-corrected chi connectivity index (χ1v) is 11.7. The third kappa shape index (κ3) is 4.22. The fraction of sp³-hybridized carbons (Fsp3) is 0.222. The maximum atomic E-state index is 13.9. The first kappa shape index (κ1) is 21.6. The molecule has 1 aromatic heterocycles. The van der Waals surface area contributed by atoms with Gasteiger partial charge in [0.25, 0.3) is 0 Å². The van der Waals surface area contributed by atoms with E-state index in [1.165, 1.54) is 12.1 Å². The van der Waals surface area contributed by atoms with Gasteiger partial charge in [0.15, 0.2) is 0 Å². The molecule has 35 heavy (non-hydrogen) atoms. The minimum Gasteiger partial charge on any atom is -0.462 e. The fourth-order valence-corrected chi connectivity index (χ4v) is 4.75. The first-order chi connectivity index (χ1) is 17.2. The summed E-state index contributed by atoms with van der Waals surface area (Å²) in [7, 11) is 0. The van der Waals surface area contributed by atoms with Crippen molar-refractivity contribution in [2.45, 2.75) is 6.54 Å². The number of hydrogen-bond acceptors (Lipinski definition) is 5. The molecule has 0 atom stereocenters. The average Bonchev–Trinajstić information content (AvgIpc) is 3.11. The Hall–Kier alpha value is -3.88. The van der Waals surface area contributed by atoms with Gasteiger partial charge in [-0.25, -0.2) is 9.18 Å². The molecular formula is C27H25FN4O3. The van der Waals surface area contributed by atoms with Gasteiger partial charge in [-0.3, -0.25) is 9.47 Å². The SMILES string of the molecule is O=c1[nH]c2cc(/C=C3\C4=CC=CNC4=COc4cc(F)ccc43)ccc2n1CCN1CCOCC1. The minimum atomic E-state index is -0.358. The number of fused-ring (bicyclic) bond motifs is 3. The number of rotatable bonds is 4. The van der Waals surface area contributed by atoms with Gasteiger partial charge in [-0.2, -0.15) is 0 Å². The predicted molar refractivity (Wildman–Crippen MR) is 133 cm³/mol. The van der Waals surface area contributed by atoms with Crippen LogP contribution in [0.25, 0.3) is 22.7 Å². The lowest BCUT2D eigenvalue weighted by Crippen LogP contribution is -2.39. The molecule has 3 aliphatic rings. The Morgan fingerprint density at radius 2 is 1.97 bits per heavy atom. The van der Waals surface area contributed by atoms with Gasteiger partial charge in [-0.05, 0) is 47.6 Å². The highest BCUT2D eigenvalue weighted by Crippen LogP contribution is 2.39. The normalized spacial score (nSPS) is 18.8. The Labute approximate surface area is 201 Å². The van der Waals surface area contributed by atoms with Crippen LogP contribution in [-0.4, -0.2) is 47.3 Å². The van der Waals surface area contributed by atoms with Gasteiger partial charge in [-0.1, -0.05) is 12.1 Å². The van der Waals surface area contributed by atoms with Crippen LogP contribution in [0.3, 0.4) is 0 Å². The number of halogens is 1. The van der Waals surface area contributed by atoms with Crippen LogP contribution >= 0.6 is 0 Å². The molecule has 8 heteroatoms. The quantitative estimate of drug-likeness (QED) is 0.607. The summed E-state index contributed by atoms with van der Waals surface area (Å²) in [6.45, 7) is 4.68. The van der Waals surface area contributed by atoms with E-state index in [0.29, 0.717) is 12.3 Å². The molecule has 2 aromatic carbocycles. The van der Waals surface area contributed by atoms with Crippen LogP contribution in [0.1, 0.15) is 11.1 Å². The van der Waals surface area contributed by atoms with Gasteiger partial charge in [-0.15, -0.1) is 0 Å². The Morgan fingerprint density at radius 1 is 1.09 bits per heavy atom.